The second-order valence-electron chi connectivity index (χ2n) is 2.54. The number of carbonyl (C=O) groups is 1. The van der Waals surface area contributed by atoms with E-state index in [0.29, 0.717) is 15.6 Å². The number of hydrogen-bond donors (Lipinski definition) is 1. The predicted molar refractivity (Wildman–Crippen MR) is 55.2 cm³/mol. The number of aromatic nitrogens is 1. The fourth-order valence-electron chi connectivity index (χ4n) is 0.976. The Morgan fingerprint density at radius 3 is 2.71 bits per heavy atom. The monoisotopic (exact) mass is 312 g/mol. The topological polar surface area (TPSA) is 56.0 Å². The first kappa shape index (κ1) is 11.4. The lowest BCUT2D eigenvalue weighted by molar-refractivity contribution is 0.110. The van der Waals surface area contributed by atoms with Gasteiger partial charge < -0.3 is 5.73 Å². The number of nitrogens with zero attached hydrogens (tertiary/aromatic N) is 1. The first-order valence-electron chi connectivity index (χ1n) is 3.72. The van der Waals surface area contributed by atoms with Gasteiger partial charge in [0.05, 0.1) is 0 Å². The van der Waals surface area contributed by atoms with E-state index < -0.39 is 6.43 Å². The first-order valence-corrected chi connectivity index (χ1v) is 4.80. The van der Waals surface area contributed by atoms with Gasteiger partial charge in [0.25, 0.3) is 6.43 Å². The Kier molecular flexibility index (Phi) is 3.87. The van der Waals surface area contributed by atoms with Crippen molar-refractivity contribution in [3.05, 3.63) is 26.6 Å². The fourth-order valence-corrected chi connectivity index (χ4v) is 1.61. The molecule has 1 rings (SSSR count). The van der Waals surface area contributed by atoms with Crippen LogP contribution in [-0.2, 0) is 6.54 Å². The molecule has 76 valence electrons. The summed E-state index contributed by atoms with van der Waals surface area (Å²) < 4.78 is 25.3. The standard InChI is InChI=1S/C8H7F2IN2O/c9-7(10)5-1-4(2-12)8(11)13-6(5)3-14/h1,3,7H,2,12H2. The van der Waals surface area contributed by atoms with E-state index in [2.05, 4.69) is 4.98 Å². The molecule has 0 atom stereocenters. The zero-order valence-electron chi connectivity index (χ0n) is 7.01. The third-order valence-corrected chi connectivity index (χ3v) is 2.61. The molecule has 3 nitrogen and oxygen atoms in total. The Morgan fingerprint density at radius 2 is 2.29 bits per heavy atom. The molecule has 6 heteroatoms. The van der Waals surface area contributed by atoms with Gasteiger partial charge in [-0.05, 0) is 34.2 Å². The van der Waals surface area contributed by atoms with E-state index >= 15 is 0 Å². The first-order chi connectivity index (χ1) is 6.60. The van der Waals surface area contributed by atoms with Gasteiger partial charge in [0.15, 0.2) is 6.29 Å². The smallest absolute Gasteiger partial charge is 0.266 e. The normalized spacial score (nSPS) is 10.6. The number of rotatable bonds is 3. The highest BCUT2D eigenvalue weighted by molar-refractivity contribution is 14.1. The molecule has 1 aromatic heterocycles. The number of pyridine rings is 1. The maximum absolute atomic E-state index is 12.4. The van der Waals surface area contributed by atoms with Crippen LogP contribution in [0.15, 0.2) is 6.07 Å². The molecule has 0 spiro atoms. The number of halogens is 3. The van der Waals surface area contributed by atoms with Gasteiger partial charge in [0.1, 0.15) is 9.39 Å². The van der Waals surface area contributed by atoms with Crippen molar-refractivity contribution in [1.29, 1.82) is 0 Å². The van der Waals surface area contributed by atoms with E-state index in [1.807, 2.05) is 22.6 Å². The van der Waals surface area contributed by atoms with Crippen LogP contribution >= 0.6 is 22.6 Å². The molecular weight excluding hydrogens is 305 g/mol. The van der Waals surface area contributed by atoms with Crippen molar-refractivity contribution in [3.63, 3.8) is 0 Å². The summed E-state index contributed by atoms with van der Waals surface area (Å²) >= 11 is 1.85. The van der Waals surface area contributed by atoms with Crippen molar-refractivity contribution in [2.75, 3.05) is 0 Å². The van der Waals surface area contributed by atoms with E-state index in [0.717, 1.165) is 0 Å². The third-order valence-electron chi connectivity index (χ3n) is 1.68. The molecule has 0 saturated carbocycles. The van der Waals surface area contributed by atoms with Crippen LogP contribution in [0.5, 0.6) is 0 Å². The summed E-state index contributed by atoms with van der Waals surface area (Å²) in [7, 11) is 0. The van der Waals surface area contributed by atoms with Crippen molar-refractivity contribution in [1.82, 2.24) is 4.98 Å². The van der Waals surface area contributed by atoms with E-state index in [4.69, 9.17) is 5.73 Å². The lowest BCUT2D eigenvalue weighted by Crippen LogP contribution is -2.06. The number of hydrogen-bond acceptors (Lipinski definition) is 3. The Labute approximate surface area is 92.8 Å². The largest absolute Gasteiger partial charge is 0.326 e. The summed E-state index contributed by atoms with van der Waals surface area (Å²) in [5, 5.41) is 0. The lowest BCUT2D eigenvalue weighted by atomic mass is 10.1. The minimum Gasteiger partial charge on any atom is -0.326 e. The second-order valence-corrected chi connectivity index (χ2v) is 3.56. The van der Waals surface area contributed by atoms with Gasteiger partial charge in [-0.2, -0.15) is 0 Å². The molecule has 0 amide bonds. The molecule has 0 aliphatic rings. The highest BCUT2D eigenvalue weighted by Crippen LogP contribution is 2.23. The van der Waals surface area contributed by atoms with E-state index in [1.54, 1.807) is 0 Å². The third kappa shape index (κ3) is 2.24. The van der Waals surface area contributed by atoms with Gasteiger partial charge in [-0.1, -0.05) is 0 Å². The molecule has 0 saturated heterocycles. The van der Waals surface area contributed by atoms with Crippen LogP contribution in [-0.4, -0.2) is 11.3 Å². The van der Waals surface area contributed by atoms with E-state index in [1.165, 1.54) is 6.07 Å². The number of nitrogens with two attached hydrogens (primary N) is 1. The molecule has 2 N–H and O–H groups in total. The SMILES string of the molecule is NCc1cc(C(F)F)c(C=O)nc1I. The molecule has 0 aliphatic heterocycles. The molecule has 0 aliphatic carbocycles. The van der Waals surface area contributed by atoms with Crippen LogP contribution in [0.3, 0.4) is 0 Å². The van der Waals surface area contributed by atoms with Gasteiger partial charge in [0.2, 0.25) is 0 Å². The summed E-state index contributed by atoms with van der Waals surface area (Å²) in [6.45, 7) is 0.129. The number of carbonyl (C=O) groups excluding carboxylic acids is 1. The molecule has 0 unspecified atom stereocenters. The Balaban J connectivity index is 3.32. The zero-order chi connectivity index (χ0) is 10.7. The Bertz CT molecular complexity index is 357. The summed E-state index contributed by atoms with van der Waals surface area (Å²) in [6, 6.07) is 1.23. The number of aldehydes is 1. The van der Waals surface area contributed by atoms with Crippen molar-refractivity contribution >= 4 is 28.9 Å². The van der Waals surface area contributed by atoms with Crippen LogP contribution in [0.2, 0.25) is 0 Å². The average Bonchev–Trinajstić information content (AvgIpc) is 2.16. The van der Waals surface area contributed by atoms with Crippen LogP contribution in [0.25, 0.3) is 0 Å². The summed E-state index contributed by atoms with van der Waals surface area (Å²) in [5.74, 6) is 0. The summed E-state index contributed by atoms with van der Waals surface area (Å²) in [4.78, 5) is 14.2. The molecule has 1 aromatic rings. The Morgan fingerprint density at radius 1 is 1.64 bits per heavy atom. The maximum Gasteiger partial charge on any atom is 0.266 e. The average molecular weight is 312 g/mol. The Hall–Kier alpha value is -0.630. The summed E-state index contributed by atoms with van der Waals surface area (Å²) in [5.41, 5.74) is 5.27. The molecule has 1 heterocycles. The van der Waals surface area contributed by atoms with Gasteiger partial charge in [-0.15, -0.1) is 0 Å². The van der Waals surface area contributed by atoms with E-state index in [-0.39, 0.29) is 17.8 Å². The van der Waals surface area contributed by atoms with Crippen molar-refractivity contribution in [2.24, 2.45) is 5.73 Å². The van der Waals surface area contributed by atoms with Gasteiger partial charge in [-0.25, -0.2) is 13.8 Å². The molecule has 0 fully saturated rings. The van der Waals surface area contributed by atoms with Crippen LogP contribution in [0, 0.1) is 3.70 Å². The maximum atomic E-state index is 12.4. The molecule has 0 radical (unpaired) electrons. The lowest BCUT2D eigenvalue weighted by Gasteiger charge is -2.07. The van der Waals surface area contributed by atoms with Crippen LogP contribution < -0.4 is 5.73 Å². The minimum absolute atomic E-state index is 0.129. The van der Waals surface area contributed by atoms with Crippen molar-refractivity contribution in [2.45, 2.75) is 13.0 Å². The molecule has 0 bridgehead atoms. The summed E-state index contributed by atoms with van der Waals surface area (Å²) in [6.07, 6.45) is -2.38. The second kappa shape index (κ2) is 4.74. The predicted octanol–water partition coefficient (Wildman–Crippen LogP) is 1.90. The van der Waals surface area contributed by atoms with Crippen molar-refractivity contribution < 1.29 is 13.6 Å². The van der Waals surface area contributed by atoms with Gasteiger partial charge in [-0.3, -0.25) is 4.79 Å². The number of alkyl halides is 2. The zero-order valence-corrected chi connectivity index (χ0v) is 9.16. The highest BCUT2D eigenvalue weighted by atomic mass is 127. The van der Waals surface area contributed by atoms with Gasteiger partial charge >= 0.3 is 0 Å². The van der Waals surface area contributed by atoms with Gasteiger partial charge in [0, 0.05) is 12.1 Å². The molecule has 0 aromatic carbocycles. The van der Waals surface area contributed by atoms with E-state index in [9.17, 15) is 13.6 Å². The molecular formula is C8H7F2IN2O. The molecule has 14 heavy (non-hydrogen) atoms. The van der Waals surface area contributed by atoms with Crippen molar-refractivity contribution in [3.8, 4) is 0 Å². The quantitative estimate of drug-likeness (QED) is 0.527. The van der Waals surface area contributed by atoms with Crippen LogP contribution in [0.1, 0.15) is 28.0 Å². The fraction of sp³-hybridized carbons (Fsp3) is 0.250. The van der Waals surface area contributed by atoms with Crippen LogP contribution in [0.4, 0.5) is 8.78 Å². The highest BCUT2D eigenvalue weighted by Gasteiger charge is 2.16. The minimum atomic E-state index is -2.70.